The summed E-state index contributed by atoms with van der Waals surface area (Å²) in [7, 11) is 0. The summed E-state index contributed by atoms with van der Waals surface area (Å²) in [6.45, 7) is 3.55. The number of hydrogen-bond acceptors (Lipinski definition) is 5. The molecule has 1 heterocycles. The minimum absolute atomic E-state index is 0.412. The number of aliphatic carboxylic acids is 1. The van der Waals surface area contributed by atoms with E-state index in [0.717, 1.165) is 34.2 Å². The first kappa shape index (κ1) is 24.3. The van der Waals surface area contributed by atoms with Crippen molar-refractivity contribution in [3.8, 4) is 22.4 Å². The molecular weight excluding hydrogens is 468 g/mol. The molecule has 1 aliphatic carbocycles. The molecular formula is C30H28N2O5. The summed E-state index contributed by atoms with van der Waals surface area (Å²) >= 11 is 0. The Labute approximate surface area is 215 Å². The number of anilines is 1. The fourth-order valence-electron chi connectivity index (χ4n) is 4.76. The van der Waals surface area contributed by atoms with E-state index < -0.39 is 23.6 Å². The first-order valence-electron chi connectivity index (χ1n) is 12.3. The van der Waals surface area contributed by atoms with Gasteiger partial charge in [0.15, 0.2) is 5.76 Å². The van der Waals surface area contributed by atoms with Gasteiger partial charge < -0.3 is 14.4 Å². The fourth-order valence-corrected chi connectivity index (χ4v) is 4.76. The summed E-state index contributed by atoms with van der Waals surface area (Å²) in [6.07, 6.45) is 1.30. The van der Waals surface area contributed by atoms with E-state index in [4.69, 9.17) is 9.26 Å². The molecule has 5 rings (SSSR count). The van der Waals surface area contributed by atoms with Gasteiger partial charge >= 0.3 is 12.1 Å². The van der Waals surface area contributed by atoms with Crippen molar-refractivity contribution >= 4 is 17.7 Å². The SMILES string of the molecule is Cc1onc(-c2ccc(-c3ccc(C4(C(=O)O)CCC4)cc3)cc2)c1NC(=O)O[C@H](C)c1ccccc1. The summed E-state index contributed by atoms with van der Waals surface area (Å²) in [5.41, 5.74) is 4.74. The van der Waals surface area contributed by atoms with Crippen molar-refractivity contribution in [3.05, 3.63) is 95.7 Å². The van der Waals surface area contributed by atoms with Gasteiger partial charge in [-0.2, -0.15) is 0 Å². The number of carbonyl (C=O) groups is 2. The smallest absolute Gasteiger partial charge is 0.412 e. The number of aryl methyl sites for hydroxylation is 1. The van der Waals surface area contributed by atoms with E-state index in [9.17, 15) is 14.7 Å². The topological polar surface area (TPSA) is 102 Å². The van der Waals surface area contributed by atoms with Crippen molar-refractivity contribution in [3.63, 3.8) is 0 Å². The second-order valence-corrected chi connectivity index (χ2v) is 9.44. The number of ether oxygens (including phenoxy) is 1. The molecule has 0 saturated heterocycles. The van der Waals surface area contributed by atoms with E-state index in [1.165, 1.54) is 0 Å². The lowest BCUT2D eigenvalue weighted by Crippen LogP contribution is -2.42. The Hall–Kier alpha value is -4.39. The molecule has 0 bridgehead atoms. The first-order valence-corrected chi connectivity index (χ1v) is 12.3. The van der Waals surface area contributed by atoms with Crippen molar-refractivity contribution in [2.75, 3.05) is 5.32 Å². The van der Waals surface area contributed by atoms with E-state index in [1.807, 2.05) is 85.8 Å². The summed E-state index contributed by atoms with van der Waals surface area (Å²) in [6, 6.07) is 25.0. The largest absolute Gasteiger partial charge is 0.481 e. The highest BCUT2D eigenvalue weighted by Crippen LogP contribution is 2.44. The molecule has 1 fully saturated rings. The van der Waals surface area contributed by atoms with Crippen LogP contribution in [0.3, 0.4) is 0 Å². The third kappa shape index (κ3) is 4.72. The van der Waals surface area contributed by atoms with Crippen LogP contribution >= 0.6 is 0 Å². The Morgan fingerprint density at radius 3 is 2.11 bits per heavy atom. The highest BCUT2D eigenvalue weighted by molar-refractivity contribution is 5.91. The van der Waals surface area contributed by atoms with Crippen LogP contribution in [0.15, 0.2) is 83.4 Å². The molecule has 0 unspecified atom stereocenters. The van der Waals surface area contributed by atoms with Crippen molar-refractivity contribution < 1.29 is 24.0 Å². The number of carbonyl (C=O) groups excluding carboxylic acids is 1. The van der Waals surface area contributed by atoms with Crippen molar-refractivity contribution in [2.24, 2.45) is 0 Å². The van der Waals surface area contributed by atoms with Gasteiger partial charge in [-0.25, -0.2) is 4.79 Å². The minimum Gasteiger partial charge on any atom is -0.481 e. The van der Waals surface area contributed by atoms with Gasteiger partial charge in [0.2, 0.25) is 0 Å². The standard InChI is InChI=1S/C30H28N2O5/c1-19(21-7-4-3-5-8-21)36-29(35)31-26-20(2)37-32-27(26)24-11-9-22(10-12-24)23-13-15-25(16-14-23)30(28(33)34)17-6-18-30/h3-5,7-16,19H,6,17-18H2,1-2H3,(H,31,35)(H,33,34)/t19-/m1/s1. The zero-order chi connectivity index (χ0) is 26.0. The fraction of sp³-hybridized carbons (Fsp3) is 0.233. The summed E-state index contributed by atoms with van der Waals surface area (Å²) < 4.78 is 10.9. The summed E-state index contributed by atoms with van der Waals surface area (Å²) in [4.78, 5) is 24.4. The van der Waals surface area contributed by atoms with Crippen molar-refractivity contribution in [2.45, 2.75) is 44.6 Å². The van der Waals surface area contributed by atoms with Gasteiger partial charge in [0.25, 0.3) is 0 Å². The Bertz CT molecular complexity index is 1400. The monoisotopic (exact) mass is 496 g/mol. The van der Waals surface area contributed by atoms with E-state index >= 15 is 0 Å². The predicted molar refractivity (Wildman–Crippen MR) is 140 cm³/mol. The van der Waals surface area contributed by atoms with Gasteiger partial charge in [-0.05, 0) is 48.9 Å². The predicted octanol–water partition coefficient (Wildman–Crippen LogP) is 7.13. The molecule has 2 N–H and O–H groups in total. The van der Waals surface area contributed by atoms with Crippen LogP contribution in [0.1, 0.15) is 49.2 Å². The van der Waals surface area contributed by atoms with E-state index in [1.54, 1.807) is 6.92 Å². The number of nitrogens with zero attached hydrogens (tertiary/aromatic N) is 1. The highest BCUT2D eigenvalue weighted by Gasteiger charge is 2.45. The molecule has 7 nitrogen and oxygen atoms in total. The highest BCUT2D eigenvalue weighted by atomic mass is 16.6. The number of aromatic nitrogens is 1. The van der Waals surface area contributed by atoms with Crippen LogP contribution in [0.5, 0.6) is 0 Å². The van der Waals surface area contributed by atoms with Crippen LogP contribution in [0.4, 0.5) is 10.5 Å². The zero-order valence-electron chi connectivity index (χ0n) is 20.7. The number of hydrogen-bond donors (Lipinski definition) is 2. The Balaban J connectivity index is 1.30. The van der Waals surface area contributed by atoms with E-state index in [2.05, 4.69) is 10.5 Å². The number of carboxylic acid groups (broad SMARTS) is 1. The normalized spacial score (nSPS) is 14.9. The number of benzene rings is 3. The van der Waals surface area contributed by atoms with Crippen LogP contribution in [0.25, 0.3) is 22.4 Å². The third-order valence-electron chi connectivity index (χ3n) is 7.19. The maximum absolute atomic E-state index is 12.6. The average Bonchev–Trinajstić information content (AvgIpc) is 3.24. The lowest BCUT2D eigenvalue weighted by Gasteiger charge is -2.38. The molecule has 4 aromatic rings. The zero-order valence-corrected chi connectivity index (χ0v) is 20.7. The molecule has 1 amide bonds. The van der Waals surface area contributed by atoms with Crippen molar-refractivity contribution in [1.29, 1.82) is 0 Å². The number of carboxylic acids is 1. The maximum Gasteiger partial charge on any atom is 0.412 e. The molecule has 0 aliphatic heterocycles. The molecule has 1 saturated carbocycles. The maximum atomic E-state index is 12.6. The van der Waals surface area contributed by atoms with E-state index in [0.29, 0.717) is 30.0 Å². The van der Waals surface area contributed by atoms with Gasteiger partial charge in [0, 0.05) is 5.56 Å². The minimum atomic E-state index is -0.749. The second kappa shape index (κ2) is 9.93. The van der Waals surface area contributed by atoms with E-state index in [-0.39, 0.29) is 0 Å². The molecule has 3 aromatic carbocycles. The number of nitrogens with one attached hydrogen (secondary N) is 1. The second-order valence-electron chi connectivity index (χ2n) is 9.44. The van der Waals surface area contributed by atoms with Crippen molar-refractivity contribution in [1.82, 2.24) is 5.16 Å². The first-order chi connectivity index (χ1) is 17.9. The van der Waals surface area contributed by atoms with Crippen LogP contribution in [0.2, 0.25) is 0 Å². The number of rotatable bonds is 7. The Kier molecular flexibility index (Phi) is 6.53. The Morgan fingerprint density at radius 1 is 0.946 bits per heavy atom. The molecule has 1 atom stereocenters. The molecule has 188 valence electrons. The van der Waals surface area contributed by atoms with Gasteiger partial charge in [-0.3, -0.25) is 10.1 Å². The summed E-state index contributed by atoms with van der Waals surface area (Å²) in [5, 5.41) is 16.6. The van der Waals surface area contributed by atoms with Crippen LogP contribution in [-0.2, 0) is 14.9 Å². The van der Waals surface area contributed by atoms with Gasteiger partial charge in [0.05, 0.1) is 5.41 Å². The molecule has 7 heteroatoms. The molecule has 37 heavy (non-hydrogen) atoms. The third-order valence-corrected chi connectivity index (χ3v) is 7.19. The van der Waals surface area contributed by atoms with Gasteiger partial charge in [-0.1, -0.05) is 90.4 Å². The van der Waals surface area contributed by atoms with Crippen LogP contribution in [-0.4, -0.2) is 22.3 Å². The molecule has 0 radical (unpaired) electrons. The molecule has 0 spiro atoms. The van der Waals surface area contributed by atoms with Gasteiger partial charge in [-0.15, -0.1) is 0 Å². The lowest BCUT2D eigenvalue weighted by molar-refractivity contribution is -0.147. The Morgan fingerprint density at radius 2 is 1.54 bits per heavy atom. The average molecular weight is 497 g/mol. The van der Waals surface area contributed by atoms with Crippen LogP contribution in [0, 0.1) is 6.92 Å². The molecule has 1 aromatic heterocycles. The van der Waals surface area contributed by atoms with Gasteiger partial charge in [0.1, 0.15) is 17.5 Å². The molecule has 1 aliphatic rings. The van der Waals surface area contributed by atoms with Crippen LogP contribution < -0.4 is 5.32 Å². The number of amides is 1. The lowest BCUT2D eigenvalue weighted by atomic mass is 9.64. The summed E-state index contributed by atoms with van der Waals surface area (Å²) in [5.74, 6) is -0.274. The quantitative estimate of drug-likeness (QED) is 0.282.